The van der Waals surface area contributed by atoms with Crippen LogP contribution in [0.5, 0.6) is 0 Å². The number of nitrogens with zero attached hydrogens (tertiary/aromatic N) is 1. The monoisotopic (exact) mass is 557 g/mol. The lowest BCUT2D eigenvalue weighted by atomic mass is 9.84. The molecule has 2 aliphatic heterocycles. The number of nitrogens with two attached hydrogens (primary N) is 1. The third-order valence-electron chi connectivity index (χ3n) is 8.35. The van der Waals surface area contributed by atoms with Gasteiger partial charge < -0.3 is 31.3 Å². The quantitative estimate of drug-likeness (QED) is 0.324. The van der Waals surface area contributed by atoms with Gasteiger partial charge in [0.25, 0.3) is 0 Å². The van der Waals surface area contributed by atoms with Crippen molar-refractivity contribution in [2.75, 3.05) is 13.1 Å². The van der Waals surface area contributed by atoms with Gasteiger partial charge >= 0.3 is 6.09 Å². The Morgan fingerprint density at radius 1 is 1.12 bits per heavy atom. The molecule has 40 heavy (non-hydrogen) atoms. The zero-order chi connectivity index (χ0) is 30.2. The van der Waals surface area contributed by atoms with Crippen molar-refractivity contribution in [3.05, 3.63) is 17.1 Å². The molecular formula is C29H43N5O6. The second-order valence-electron chi connectivity index (χ2n) is 13.8. The SMILES string of the molecule is CC(C)(C)OC(=O)N[C@H](C(=C=O)N1C[C@H]2[C@@H]([C@H]1C(=O)N[C@@H](C[C@@H]1CCNC1=C=O)C(N)=C=O)C2(C)C)C(C)(C)C. The van der Waals surface area contributed by atoms with Gasteiger partial charge in [0, 0.05) is 19.0 Å². The van der Waals surface area contributed by atoms with E-state index < -0.39 is 41.1 Å². The summed E-state index contributed by atoms with van der Waals surface area (Å²) in [6, 6.07) is -2.41. The molecule has 3 rings (SSSR count). The molecular weight excluding hydrogens is 514 g/mol. The summed E-state index contributed by atoms with van der Waals surface area (Å²) in [4.78, 5) is 63.8. The van der Waals surface area contributed by atoms with Gasteiger partial charge in [-0.25, -0.2) is 19.2 Å². The van der Waals surface area contributed by atoms with Crippen LogP contribution in [-0.2, 0) is 23.9 Å². The first kappa shape index (κ1) is 31.0. The topological polar surface area (TPSA) is 160 Å². The highest BCUT2D eigenvalue weighted by molar-refractivity contribution is 5.85. The average Bonchev–Trinajstić information content (AvgIpc) is 3.22. The predicted molar refractivity (Wildman–Crippen MR) is 148 cm³/mol. The highest BCUT2D eigenvalue weighted by Crippen LogP contribution is 2.65. The van der Waals surface area contributed by atoms with Gasteiger partial charge in [0.1, 0.15) is 40.9 Å². The van der Waals surface area contributed by atoms with E-state index in [9.17, 15) is 24.0 Å². The summed E-state index contributed by atoms with van der Waals surface area (Å²) in [5, 5.41) is 8.70. The maximum Gasteiger partial charge on any atom is 0.408 e. The number of alkyl carbamates (subject to hydrolysis) is 1. The molecule has 6 atom stereocenters. The first-order valence-corrected chi connectivity index (χ1v) is 13.8. The molecule has 0 aromatic heterocycles. The van der Waals surface area contributed by atoms with Crippen molar-refractivity contribution < 1.29 is 28.7 Å². The van der Waals surface area contributed by atoms with Gasteiger partial charge in [-0.2, -0.15) is 0 Å². The van der Waals surface area contributed by atoms with Gasteiger partial charge in [0.2, 0.25) is 5.91 Å². The second-order valence-corrected chi connectivity index (χ2v) is 13.8. The van der Waals surface area contributed by atoms with Crippen LogP contribution in [0.25, 0.3) is 0 Å². The Labute approximate surface area is 236 Å². The van der Waals surface area contributed by atoms with Gasteiger partial charge in [0.05, 0.1) is 17.8 Å². The summed E-state index contributed by atoms with van der Waals surface area (Å²) >= 11 is 0. The molecule has 0 aromatic carbocycles. The number of amides is 2. The summed E-state index contributed by atoms with van der Waals surface area (Å²) < 4.78 is 5.45. The van der Waals surface area contributed by atoms with Crippen LogP contribution in [0, 0.1) is 28.6 Å². The minimum Gasteiger partial charge on any atom is -0.444 e. The van der Waals surface area contributed by atoms with Crippen molar-refractivity contribution in [1.29, 1.82) is 0 Å². The van der Waals surface area contributed by atoms with E-state index in [1.54, 1.807) is 31.6 Å². The van der Waals surface area contributed by atoms with Gasteiger partial charge in [-0.3, -0.25) is 4.79 Å². The van der Waals surface area contributed by atoms with E-state index in [4.69, 9.17) is 10.5 Å². The van der Waals surface area contributed by atoms with Crippen molar-refractivity contribution >= 4 is 29.8 Å². The summed E-state index contributed by atoms with van der Waals surface area (Å²) in [5.74, 6) is 5.02. The third kappa shape index (κ3) is 6.44. The smallest absolute Gasteiger partial charge is 0.408 e. The summed E-state index contributed by atoms with van der Waals surface area (Å²) in [6.45, 7) is 16.0. The standard InChI is InChI=1S/C29H43N5O6/c1-27(2,3)24(33-26(39)40-28(4,5)6)21(15-37)34-12-17-22(29(17,7)8)23(34)25(38)32-19(18(30)13-35)11-16-9-10-31-20(16)14-36/h16-17,19,22-24,31H,9-12,30H2,1-8H3,(H,32,38)(H,33,39)/t16-,17-,19-,22-,23-,24+/m0/s1. The first-order chi connectivity index (χ1) is 18.5. The Morgan fingerprint density at radius 2 is 1.77 bits per heavy atom. The van der Waals surface area contributed by atoms with E-state index >= 15 is 0 Å². The van der Waals surface area contributed by atoms with E-state index in [1.807, 2.05) is 32.7 Å². The normalized spacial score (nSPS) is 26.2. The molecule has 5 N–H and O–H groups in total. The van der Waals surface area contributed by atoms with E-state index in [0.717, 1.165) is 0 Å². The summed E-state index contributed by atoms with van der Waals surface area (Å²) in [5.41, 5.74) is 4.83. The van der Waals surface area contributed by atoms with Crippen molar-refractivity contribution in [1.82, 2.24) is 20.9 Å². The van der Waals surface area contributed by atoms with Crippen LogP contribution < -0.4 is 21.7 Å². The molecule has 1 aliphatic carbocycles. The number of hydrogen-bond donors (Lipinski definition) is 4. The lowest BCUT2D eigenvalue weighted by Gasteiger charge is -2.40. The van der Waals surface area contributed by atoms with Crippen LogP contribution >= 0.6 is 0 Å². The van der Waals surface area contributed by atoms with Crippen LogP contribution in [0.3, 0.4) is 0 Å². The molecule has 220 valence electrons. The van der Waals surface area contributed by atoms with Gasteiger partial charge in [-0.05, 0) is 56.3 Å². The van der Waals surface area contributed by atoms with Gasteiger partial charge in [0.15, 0.2) is 0 Å². The van der Waals surface area contributed by atoms with E-state index in [2.05, 4.69) is 29.8 Å². The van der Waals surface area contributed by atoms with Crippen LogP contribution in [0.15, 0.2) is 17.1 Å². The fourth-order valence-corrected chi connectivity index (χ4v) is 6.14. The lowest BCUT2D eigenvalue weighted by Crippen LogP contribution is -2.56. The zero-order valence-electron chi connectivity index (χ0n) is 24.8. The fourth-order valence-electron chi connectivity index (χ4n) is 6.14. The first-order valence-electron chi connectivity index (χ1n) is 13.8. The molecule has 1 saturated carbocycles. The number of carbonyl (C=O) groups excluding carboxylic acids is 5. The van der Waals surface area contributed by atoms with Gasteiger partial charge in [-0.1, -0.05) is 34.6 Å². The van der Waals surface area contributed by atoms with Gasteiger partial charge in [-0.15, -0.1) is 0 Å². The molecule has 3 aliphatic rings. The lowest BCUT2D eigenvalue weighted by molar-refractivity contribution is -0.126. The Bertz CT molecular complexity index is 1180. The number of likely N-dealkylation sites (tertiary alicyclic amines) is 1. The van der Waals surface area contributed by atoms with Crippen LogP contribution in [0.1, 0.15) is 68.2 Å². The molecule has 0 bridgehead atoms. The summed E-state index contributed by atoms with van der Waals surface area (Å²) in [6.07, 6.45) is 0.187. The number of piperidine rings is 1. The maximum atomic E-state index is 13.9. The molecule has 0 unspecified atom stereocenters. The molecule has 0 radical (unpaired) electrons. The molecule has 3 fully saturated rings. The average molecular weight is 558 g/mol. The minimum absolute atomic E-state index is 0.0707. The van der Waals surface area contributed by atoms with E-state index in [-0.39, 0.29) is 41.0 Å². The fraction of sp³-hybridized carbons (Fsp3) is 0.724. The highest BCUT2D eigenvalue weighted by Gasteiger charge is 2.69. The van der Waals surface area contributed by atoms with Crippen LogP contribution in [0.4, 0.5) is 4.79 Å². The summed E-state index contributed by atoms with van der Waals surface area (Å²) in [7, 11) is 0. The number of allylic oxidation sites excluding steroid dienone is 1. The molecule has 0 aromatic rings. The third-order valence-corrected chi connectivity index (χ3v) is 8.35. The Balaban J connectivity index is 1.91. The molecule has 11 heteroatoms. The maximum absolute atomic E-state index is 13.9. The molecule has 2 amide bonds. The predicted octanol–water partition coefficient (Wildman–Crippen LogP) is 1.47. The number of hydrogen-bond acceptors (Lipinski definition) is 9. The van der Waals surface area contributed by atoms with E-state index in [1.165, 1.54) is 0 Å². The number of fused-ring (bicyclic) bond motifs is 1. The Kier molecular flexibility index (Phi) is 8.66. The number of ether oxygens (including phenoxy) is 1. The van der Waals surface area contributed by atoms with Crippen molar-refractivity contribution in [3.8, 4) is 0 Å². The zero-order valence-corrected chi connectivity index (χ0v) is 24.8. The Hall–Kier alpha value is -3.51. The van der Waals surface area contributed by atoms with E-state index in [0.29, 0.717) is 25.2 Å². The molecule has 0 spiro atoms. The van der Waals surface area contributed by atoms with Crippen molar-refractivity contribution in [2.45, 2.75) is 92.0 Å². The molecule has 2 heterocycles. The number of rotatable bonds is 8. The largest absolute Gasteiger partial charge is 0.444 e. The molecule has 11 nitrogen and oxygen atoms in total. The van der Waals surface area contributed by atoms with Crippen molar-refractivity contribution in [2.24, 2.45) is 34.3 Å². The number of carbonyl (C=O) groups is 2. The van der Waals surface area contributed by atoms with Crippen molar-refractivity contribution in [3.63, 3.8) is 0 Å². The van der Waals surface area contributed by atoms with Crippen LogP contribution in [-0.4, -0.2) is 71.5 Å². The number of nitrogens with one attached hydrogen (secondary N) is 3. The highest BCUT2D eigenvalue weighted by atomic mass is 16.6. The van der Waals surface area contributed by atoms with Crippen LogP contribution in [0.2, 0.25) is 0 Å². The molecule has 2 saturated heterocycles. The second kappa shape index (κ2) is 11.2. The minimum atomic E-state index is -0.858. The Morgan fingerprint density at radius 3 is 2.30 bits per heavy atom.